The summed E-state index contributed by atoms with van der Waals surface area (Å²) in [6.07, 6.45) is 6.38. The molecule has 2 heterocycles. The predicted molar refractivity (Wildman–Crippen MR) is 115 cm³/mol. The van der Waals surface area contributed by atoms with Crippen LogP contribution in [0.2, 0.25) is 0 Å². The summed E-state index contributed by atoms with van der Waals surface area (Å²) in [5.74, 6) is -3.30. The monoisotopic (exact) mass is 472 g/mol. The van der Waals surface area contributed by atoms with E-state index in [-0.39, 0.29) is 53.3 Å². The van der Waals surface area contributed by atoms with Crippen LogP contribution in [-0.2, 0) is 21.1 Å². The van der Waals surface area contributed by atoms with Gasteiger partial charge in [0.15, 0.2) is 21.5 Å². The van der Waals surface area contributed by atoms with Gasteiger partial charge in [-0.3, -0.25) is 4.79 Å². The van der Waals surface area contributed by atoms with Gasteiger partial charge >= 0.3 is 0 Å². The maximum atomic E-state index is 14.0. The van der Waals surface area contributed by atoms with Gasteiger partial charge in [-0.2, -0.15) is 0 Å². The fourth-order valence-electron chi connectivity index (χ4n) is 5.89. The zero-order valence-corrected chi connectivity index (χ0v) is 18.9. The molecule has 1 aliphatic carbocycles. The van der Waals surface area contributed by atoms with Crippen LogP contribution in [0.1, 0.15) is 63.4 Å². The van der Waals surface area contributed by atoms with Crippen molar-refractivity contribution < 1.29 is 26.4 Å². The van der Waals surface area contributed by atoms with Crippen molar-refractivity contribution >= 4 is 15.7 Å². The number of carbonyl (C=O) groups is 1. The number of amides is 1. The Kier molecular flexibility index (Phi) is 6.86. The van der Waals surface area contributed by atoms with Crippen LogP contribution >= 0.6 is 0 Å². The lowest BCUT2D eigenvalue weighted by Gasteiger charge is -2.41. The lowest BCUT2D eigenvalue weighted by atomic mass is 9.82. The highest BCUT2D eigenvalue weighted by Gasteiger charge is 2.44. The molecule has 4 rings (SSSR count). The van der Waals surface area contributed by atoms with Gasteiger partial charge in [-0.1, -0.05) is 12.8 Å². The molecular weight excluding hydrogens is 441 g/mol. The van der Waals surface area contributed by atoms with Gasteiger partial charge in [0.1, 0.15) is 5.82 Å². The first kappa shape index (κ1) is 23.5. The lowest BCUT2D eigenvalue weighted by Crippen LogP contribution is -2.50. The minimum absolute atomic E-state index is 0.00119. The van der Waals surface area contributed by atoms with Crippen LogP contribution in [0, 0.1) is 23.4 Å². The Bertz CT molecular complexity index is 951. The minimum atomic E-state index is -3.24. The predicted octanol–water partition coefficient (Wildman–Crippen LogP) is 3.49. The van der Waals surface area contributed by atoms with E-state index in [0.29, 0.717) is 31.7 Å². The van der Waals surface area contributed by atoms with E-state index in [1.165, 1.54) is 0 Å². The fourth-order valence-corrected chi connectivity index (χ4v) is 7.73. The van der Waals surface area contributed by atoms with Crippen LogP contribution < -0.4 is 5.73 Å². The fraction of sp³-hybridized carbons (Fsp3) is 0.696. The molecule has 2 bridgehead atoms. The van der Waals surface area contributed by atoms with Gasteiger partial charge in [0.2, 0.25) is 5.91 Å². The number of benzene rings is 1. The molecule has 178 valence electrons. The summed E-state index contributed by atoms with van der Waals surface area (Å²) in [5.41, 5.74) is 6.39. The number of fused-ring (bicyclic) bond motifs is 2. The van der Waals surface area contributed by atoms with Crippen LogP contribution in [-0.4, -0.2) is 48.4 Å². The summed E-state index contributed by atoms with van der Waals surface area (Å²) in [6, 6.07) is 0.977. The molecule has 1 aromatic carbocycles. The molecule has 2 N–H and O–H groups in total. The maximum absolute atomic E-state index is 14.0. The van der Waals surface area contributed by atoms with Crippen molar-refractivity contribution in [1.82, 2.24) is 4.90 Å². The smallest absolute Gasteiger partial charge is 0.224 e. The first-order valence-electron chi connectivity index (χ1n) is 11.6. The molecule has 0 unspecified atom stereocenters. The number of nitrogens with zero attached hydrogens (tertiary/aromatic N) is 1. The molecule has 0 radical (unpaired) electrons. The van der Waals surface area contributed by atoms with E-state index in [1.807, 2.05) is 4.90 Å². The minimum Gasteiger partial charge on any atom is -0.337 e. The number of carbonyl (C=O) groups excluding carboxylic acids is 1. The first-order chi connectivity index (χ1) is 15.2. The normalized spacial score (nSPS) is 27.1. The molecule has 1 aromatic rings. The van der Waals surface area contributed by atoms with Crippen molar-refractivity contribution in [2.24, 2.45) is 11.7 Å². The largest absolute Gasteiger partial charge is 0.337 e. The SMILES string of the molecule is N[C@H](Cc1cc(F)c(F)cc1F)[C@H]1C[C@H]2CC[C@@H](C1)N2C(=O)CCS(=O)(=O)C1CCCC1. The summed E-state index contributed by atoms with van der Waals surface area (Å²) in [7, 11) is -3.24. The Morgan fingerprint density at radius 1 is 1.00 bits per heavy atom. The highest BCUT2D eigenvalue weighted by atomic mass is 32.2. The molecule has 9 heteroatoms. The average Bonchev–Trinajstić information content (AvgIpc) is 3.37. The third-order valence-corrected chi connectivity index (χ3v) is 9.88. The molecule has 1 amide bonds. The van der Waals surface area contributed by atoms with Crippen LogP contribution in [0.3, 0.4) is 0 Å². The summed E-state index contributed by atoms with van der Waals surface area (Å²) in [4.78, 5) is 14.8. The van der Waals surface area contributed by atoms with E-state index < -0.39 is 33.3 Å². The van der Waals surface area contributed by atoms with Gasteiger partial charge in [-0.05, 0) is 62.5 Å². The van der Waals surface area contributed by atoms with Gasteiger partial charge in [0.25, 0.3) is 0 Å². The second kappa shape index (κ2) is 9.33. The molecule has 2 aliphatic heterocycles. The third kappa shape index (κ3) is 4.83. The Morgan fingerprint density at radius 2 is 1.59 bits per heavy atom. The number of rotatable bonds is 7. The Hall–Kier alpha value is -1.61. The van der Waals surface area contributed by atoms with Gasteiger partial charge in [-0.25, -0.2) is 21.6 Å². The van der Waals surface area contributed by atoms with Gasteiger partial charge < -0.3 is 10.6 Å². The van der Waals surface area contributed by atoms with Crippen molar-refractivity contribution in [3.05, 3.63) is 35.1 Å². The lowest BCUT2D eigenvalue weighted by molar-refractivity contribution is -0.136. The van der Waals surface area contributed by atoms with Gasteiger partial charge in [-0.15, -0.1) is 0 Å². The topological polar surface area (TPSA) is 80.5 Å². The third-order valence-electron chi connectivity index (χ3n) is 7.62. The summed E-state index contributed by atoms with van der Waals surface area (Å²) < 4.78 is 65.8. The van der Waals surface area contributed by atoms with E-state index in [1.54, 1.807) is 0 Å². The zero-order valence-electron chi connectivity index (χ0n) is 18.1. The van der Waals surface area contributed by atoms with Crippen LogP contribution in [0.4, 0.5) is 13.2 Å². The maximum Gasteiger partial charge on any atom is 0.224 e. The second-order valence-electron chi connectivity index (χ2n) is 9.67. The van der Waals surface area contributed by atoms with Gasteiger partial charge in [0.05, 0.1) is 11.0 Å². The number of hydrogen-bond acceptors (Lipinski definition) is 4. The van der Waals surface area contributed by atoms with E-state index in [4.69, 9.17) is 5.73 Å². The standard InChI is InChI=1S/C23H31F3N2O3S/c24-19-13-21(26)20(25)11-14(19)12-22(27)15-9-16-5-6-17(10-15)28(16)23(29)7-8-32(30,31)18-3-1-2-4-18/h11,13,15-18,22H,1-10,12,27H2/t15-,16+,17-,22-/m1/s1. The van der Waals surface area contributed by atoms with E-state index >= 15 is 0 Å². The second-order valence-corrected chi connectivity index (χ2v) is 12.1. The number of nitrogens with two attached hydrogens (primary N) is 1. The average molecular weight is 473 g/mol. The van der Waals surface area contributed by atoms with Crippen LogP contribution in [0.25, 0.3) is 0 Å². The summed E-state index contributed by atoms with van der Waals surface area (Å²) in [5, 5.41) is -0.299. The van der Waals surface area contributed by atoms with Crippen molar-refractivity contribution in [1.29, 1.82) is 0 Å². The van der Waals surface area contributed by atoms with E-state index in [2.05, 4.69) is 0 Å². The number of piperidine rings is 1. The number of sulfone groups is 1. The highest BCUT2D eigenvalue weighted by molar-refractivity contribution is 7.92. The molecule has 3 fully saturated rings. The summed E-state index contributed by atoms with van der Waals surface area (Å²) in [6.45, 7) is 0. The Balaban J connectivity index is 1.35. The molecule has 32 heavy (non-hydrogen) atoms. The van der Waals surface area contributed by atoms with E-state index in [0.717, 1.165) is 31.7 Å². The molecule has 1 saturated carbocycles. The molecule has 2 saturated heterocycles. The zero-order chi connectivity index (χ0) is 23.0. The Morgan fingerprint density at radius 3 is 2.22 bits per heavy atom. The number of halogens is 3. The molecule has 4 atom stereocenters. The molecule has 5 nitrogen and oxygen atoms in total. The van der Waals surface area contributed by atoms with Crippen LogP contribution in [0.5, 0.6) is 0 Å². The van der Waals surface area contributed by atoms with Crippen molar-refractivity contribution in [3.63, 3.8) is 0 Å². The van der Waals surface area contributed by atoms with Crippen molar-refractivity contribution in [2.75, 3.05) is 5.75 Å². The Labute approximate surface area is 187 Å². The highest BCUT2D eigenvalue weighted by Crippen LogP contribution is 2.40. The van der Waals surface area contributed by atoms with Crippen LogP contribution in [0.15, 0.2) is 12.1 Å². The molecule has 0 spiro atoms. The quantitative estimate of drug-likeness (QED) is 0.616. The summed E-state index contributed by atoms with van der Waals surface area (Å²) >= 11 is 0. The molecule has 0 aromatic heterocycles. The first-order valence-corrected chi connectivity index (χ1v) is 13.3. The van der Waals surface area contributed by atoms with Crippen molar-refractivity contribution in [3.8, 4) is 0 Å². The molecule has 3 aliphatic rings. The van der Waals surface area contributed by atoms with E-state index in [9.17, 15) is 26.4 Å². The van der Waals surface area contributed by atoms with Crippen molar-refractivity contribution in [2.45, 2.75) is 87.6 Å². The van der Waals surface area contributed by atoms with Gasteiger partial charge in [0, 0.05) is 30.6 Å². The molecular formula is C23H31F3N2O3S. The number of hydrogen-bond donors (Lipinski definition) is 1.